The molecule has 0 saturated heterocycles. The zero-order chi connectivity index (χ0) is 19.2. The summed E-state index contributed by atoms with van der Waals surface area (Å²) in [6.07, 6.45) is 7.60. The average molecular weight is 372 g/mol. The Kier molecular flexibility index (Phi) is 3.43. The van der Waals surface area contributed by atoms with Crippen molar-refractivity contribution < 1.29 is 0 Å². The molecule has 0 fully saturated rings. The summed E-state index contributed by atoms with van der Waals surface area (Å²) in [6, 6.07) is 25.0. The second-order valence-electron chi connectivity index (χ2n) is 7.10. The minimum Gasteiger partial charge on any atom is -0.264 e. The van der Waals surface area contributed by atoms with Gasteiger partial charge in [-0.2, -0.15) is 5.10 Å². The van der Waals surface area contributed by atoms with Crippen LogP contribution in [0.4, 0.5) is 0 Å². The van der Waals surface area contributed by atoms with Gasteiger partial charge in [0.15, 0.2) is 0 Å². The topological polar surface area (TPSA) is 43.1 Å². The van der Waals surface area contributed by atoms with Gasteiger partial charge in [0, 0.05) is 40.5 Å². The first-order chi connectivity index (χ1) is 14.4. The fraction of sp³-hybridized carbons (Fsp3) is 0. The Morgan fingerprint density at radius 2 is 1.72 bits per heavy atom. The Hall–Kier alpha value is -4.05. The van der Waals surface area contributed by atoms with E-state index in [9.17, 15) is 0 Å². The van der Waals surface area contributed by atoms with Crippen molar-refractivity contribution in [1.82, 2.24) is 19.6 Å². The molecule has 0 aliphatic heterocycles. The first-order valence-corrected chi connectivity index (χ1v) is 9.53. The number of hydrogen-bond acceptors (Lipinski definition) is 3. The van der Waals surface area contributed by atoms with Crippen molar-refractivity contribution in [3.63, 3.8) is 0 Å². The van der Waals surface area contributed by atoms with E-state index in [1.165, 1.54) is 5.39 Å². The molecule has 0 bridgehead atoms. The summed E-state index contributed by atoms with van der Waals surface area (Å²) in [4.78, 5) is 9.15. The zero-order valence-electron chi connectivity index (χ0n) is 15.5. The van der Waals surface area contributed by atoms with Crippen molar-refractivity contribution in [2.24, 2.45) is 0 Å². The van der Waals surface area contributed by atoms with Gasteiger partial charge in [-0.15, -0.1) is 0 Å². The van der Waals surface area contributed by atoms with E-state index in [0.717, 1.165) is 44.2 Å². The number of aromatic nitrogens is 4. The highest BCUT2D eigenvalue weighted by molar-refractivity contribution is 5.99. The van der Waals surface area contributed by atoms with Gasteiger partial charge in [-0.1, -0.05) is 36.4 Å². The molecule has 4 heterocycles. The highest BCUT2D eigenvalue weighted by Crippen LogP contribution is 2.32. The van der Waals surface area contributed by atoms with Crippen LogP contribution in [0, 0.1) is 0 Å². The molecule has 2 aromatic carbocycles. The molecule has 0 radical (unpaired) electrons. The highest BCUT2D eigenvalue weighted by atomic mass is 15.2. The van der Waals surface area contributed by atoms with E-state index in [-0.39, 0.29) is 0 Å². The van der Waals surface area contributed by atoms with Gasteiger partial charge >= 0.3 is 0 Å². The maximum Gasteiger partial charge on any atom is 0.0740 e. The van der Waals surface area contributed by atoms with Crippen LogP contribution in [0.5, 0.6) is 0 Å². The van der Waals surface area contributed by atoms with Gasteiger partial charge in [0.2, 0.25) is 0 Å². The molecule has 0 aliphatic carbocycles. The Bertz CT molecular complexity index is 1510. The maximum absolute atomic E-state index is 4.96. The lowest BCUT2D eigenvalue weighted by atomic mass is 10.00. The molecular formula is C25H16N4. The molecule has 0 saturated carbocycles. The van der Waals surface area contributed by atoms with Crippen LogP contribution >= 0.6 is 0 Å². The van der Waals surface area contributed by atoms with Crippen LogP contribution < -0.4 is 0 Å². The molecule has 4 aromatic heterocycles. The minimum absolute atomic E-state index is 0.966. The van der Waals surface area contributed by atoms with Gasteiger partial charge in [0.05, 0.1) is 22.9 Å². The maximum atomic E-state index is 4.96. The zero-order valence-corrected chi connectivity index (χ0v) is 15.5. The smallest absolute Gasteiger partial charge is 0.0740 e. The predicted octanol–water partition coefficient (Wildman–Crippen LogP) is 5.76. The first-order valence-electron chi connectivity index (χ1n) is 9.53. The van der Waals surface area contributed by atoms with Crippen LogP contribution in [-0.4, -0.2) is 19.6 Å². The summed E-state index contributed by atoms with van der Waals surface area (Å²) < 4.78 is 1.90. The van der Waals surface area contributed by atoms with Crippen LogP contribution in [0.15, 0.2) is 97.6 Å². The molecule has 136 valence electrons. The number of pyridine rings is 3. The van der Waals surface area contributed by atoms with Gasteiger partial charge in [-0.05, 0) is 47.3 Å². The Morgan fingerprint density at radius 1 is 0.724 bits per heavy atom. The molecule has 4 nitrogen and oxygen atoms in total. The summed E-state index contributed by atoms with van der Waals surface area (Å²) in [5.74, 6) is 0. The third kappa shape index (κ3) is 2.57. The molecule has 6 rings (SSSR count). The molecule has 29 heavy (non-hydrogen) atoms. The molecule has 0 N–H and O–H groups in total. The van der Waals surface area contributed by atoms with Crippen molar-refractivity contribution in [3.8, 4) is 22.4 Å². The van der Waals surface area contributed by atoms with E-state index in [2.05, 4.69) is 64.7 Å². The van der Waals surface area contributed by atoms with Crippen LogP contribution in [-0.2, 0) is 0 Å². The van der Waals surface area contributed by atoms with Crippen LogP contribution in [0.1, 0.15) is 0 Å². The SMILES string of the molecule is c1cc(-c2cnn3ccccc23)c2ccc(-c3ccc4cnccc4c3)nc2c1. The molecule has 0 atom stereocenters. The summed E-state index contributed by atoms with van der Waals surface area (Å²) in [5, 5.41) is 7.91. The van der Waals surface area contributed by atoms with E-state index in [1.807, 2.05) is 47.5 Å². The second kappa shape index (κ2) is 6.24. The molecule has 0 aliphatic rings. The van der Waals surface area contributed by atoms with Gasteiger partial charge in [0.25, 0.3) is 0 Å². The van der Waals surface area contributed by atoms with E-state index in [1.54, 1.807) is 0 Å². The Labute approximate surface area is 167 Å². The minimum atomic E-state index is 0.966. The van der Waals surface area contributed by atoms with Crippen LogP contribution in [0.3, 0.4) is 0 Å². The number of rotatable bonds is 2. The quantitative estimate of drug-likeness (QED) is 0.388. The van der Waals surface area contributed by atoms with Gasteiger partial charge in [0.1, 0.15) is 0 Å². The average Bonchev–Trinajstić information content (AvgIpc) is 3.22. The van der Waals surface area contributed by atoms with Crippen molar-refractivity contribution in [1.29, 1.82) is 0 Å². The van der Waals surface area contributed by atoms with E-state index in [0.29, 0.717) is 0 Å². The molecular weight excluding hydrogens is 356 g/mol. The number of fused-ring (bicyclic) bond motifs is 3. The van der Waals surface area contributed by atoms with Crippen molar-refractivity contribution in [2.75, 3.05) is 0 Å². The highest BCUT2D eigenvalue weighted by Gasteiger charge is 2.11. The van der Waals surface area contributed by atoms with Crippen molar-refractivity contribution in [2.45, 2.75) is 0 Å². The Morgan fingerprint density at radius 3 is 2.72 bits per heavy atom. The molecule has 0 amide bonds. The van der Waals surface area contributed by atoms with Crippen molar-refractivity contribution in [3.05, 3.63) is 97.6 Å². The summed E-state index contributed by atoms with van der Waals surface area (Å²) in [7, 11) is 0. The van der Waals surface area contributed by atoms with Gasteiger partial charge in [-0.3, -0.25) is 4.98 Å². The predicted molar refractivity (Wildman–Crippen MR) is 117 cm³/mol. The number of benzene rings is 2. The standard InChI is InChI=1S/C25H16N4/c1-2-13-29-25(6-1)22(16-27-29)20-4-3-5-24-21(20)9-10-23(28-24)18-7-8-19-15-26-12-11-17(19)14-18/h1-16H. The molecule has 4 heteroatoms. The number of hydrogen-bond donors (Lipinski definition) is 0. The summed E-state index contributed by atoms with van der Waals surface area (Å²) in [6.45, 7) is 0. The van der Waals surface area contributed by atoms with Gasteiger partial charge in [-0.25, -0.2) is 9.50 Å². The lowest BCUT2D eigenvalue weighted by Crippen LogP contribution is -1.88. The lowest BCUT2D eigenvalue weighted by Gasteiger charge is -2.08. The fourth-order valence-electron chi connectivity index (χ4n) is 3.94. The first kappa shape index (κ1) is 16.0. The number of nitrogens with zero attached hydrogens (tertiary/aromatic N) is 4. The molecule has 0 unspecified atom stereocenters. The van der Waals surface area contributed by atoms with Crippen molar-refractivity contribution >= 4 is 27.2 Å². The normalized spacial score (nSPS) is 11.4. The van der Waals surface area contributed by atoms with E-state index in [4.69, 9.17) is 4.98 Å². The largest absolute Gasteiger partial charge is 0.264 e. The summed E-state index contributed by atoms with van der Waals surface area (Å²) in [5.41, 5.74) is 6.40. The van der Waals surface area contributed by atoms with Crippen LogP contribution in [0.2, 0.25) is 0 Å². The third-order valence-corrected chi connectivity index (χ3v) is 5.38. The second-order valence-corrected chi connectivity index (χ2v) is 7.10. The third-order valence-electron chi connectivity index (χ3n) is 5.38. The monoisotopic (exact) mass is 372 g/mol. The fourth-order valence-corrected chi connectivity index (χ4v) is 3.94. The van der Waals surface area contributed by atoms with Gasteiger partial charge < -0.3 is 0 Å². The van der Waals surface area contributed by atoms with E-state index < -0.39 is 0 Å². The summed E-state index contributed by atoms with van der Waals surface area (Å²) >= 11 is 0. The molecule has 6 aromatic rings. The Balaban J connectivity index is 1.52. The lowest BCUT2D eigenvalue weighted by molar-refractivity contribution is 0.961. The van der Waals surface area contributed by atoms with Crippen LogP contribution in [0.25, 0.3) is 49.6 Å². The molecule has 0 spiro atoms. The van der Waals surface area contributed by atoms with E-state index >= 15 is 0 Å².